The number of hydrogen-bond donors (Lipinski definition) is 1. The molecule has 1 atom stereocenters. The third kappa shape index (κ3) is 1.30. The molecule has 0 aromatic rings. The van der Waals surface area contributed by atoms with E-state index in [0.29, 0.717) is 6.61 Å². The molecule has 1 N–H and O–H groups in total. The fourth-order valence-electron chi connectivity index (χ4n) is 0.886. The smallest absolute Gasteiger partial charge is 0.127 e. The van der Waals surface area contributed by atoms with Gasteiger partial charge in [0.25, 0.3) is 0 Å². The molecule has 0 radical (unpaired) electrons. The first-order valence-electron chi connectivity index (χ1n) is 3.30. The van der Waals surface area contributed by atoms with Crippen molar-refractivity contribution < 1.29 is 14.6 Å². The van der Waals surface area contributed by atoms with Crippen molar-refractivity contribution in [2.75, 3.05) is 19.8 Å². The van der Waals surface area contributed by atoms with Crippen LogP contribution in [0.15, 0.2) is 12.8 Å². The highest BCUT2D eigenvalue weighted by Crippen LogP contribution is 2.25. The Kier molecular flexibility index (Phi) is 2.29. The second-order valence-corrected chi connectivity index (χ2v) is 2.42. The Morgan fingerprint density at radius 1 is 1.80 bits per heavy atom. The molecule has 0 aromatic carbocycles. The third-order valence-corrected chi connectivity index (χ3v) is 1.72. The molecule has 0 bridgehead atoms. The van der Waals surface area contributed by atoms with Crippen LogP contribution in [0.1, 0.15) is 6.42 Å². The molecular weight excluding hydrogens is 132 g/mol. The lowest BCUT2D eigenvalue weighted by Crippen LogP contribution is -2.50. The molecule has 1 fully saturated rings. The van der Waals surface area contributed by atoms with E-state index in [-0.39, 0.29) is 6.61 Å². The van der Waals surface area contributed by atoms with Crippen molar-refractivity contribution >= 4 is 0 Å². The topological polar surface area (TPSA) is 38.7 Å². The van der Waals surface area contributed by atoms with Gasteiger partial charge < -0.3 is 14.6 Å². The van der Waals surface area contributed by atoms with Gasteiger partial charge >= 0.3 is 0 Å². The molecule has 1 heterocycles. The van der Waals surface area contributed by atoms with E-state index in [2.05, 4.69) is 6.58 Å². The minimum absolute atomic E-state index is 0.0286. The summed E-state index contributed by atoms with van der Waals surface area (Å²) in [7, 11) is 0. The van der Waals surface area contributed by atoms with Crippen LogP contribution in [0, 0.1) is 0 Å². The van der Waals surface area contributed by atoms with Crippen molar-refractivity contribution in [1.82, 2.24) is 0 Å². The molecule has 58 valence electrons. The van der Waals surface area contributed by atoms with E-state index in [1.165, 1.54) is 6.26 Å². The highest BCUT2D eigenvalue weighted by atomic mass is 16.6. The Labute approximate surface area is 60.3 Å². The molecule has 3 heteroatoms. The van der Waals surface area contributed by atoms with Gasteiger partial charge in [-0.05, 0) is 0 Å². The minimum Gasteiger partial charge on any atom is -0.499 e. The van der Waals surface area contributed by atoms with Gasteiger partial charge in [0.05, 0.1) is 19.5 Å². The van der Waals surface area contributed by atoms with Crippen LogP contribution in [0.5, 0.6) is 0 Å². The fourth-order valence-corrected chi connectivity index (χ4v) is 0.886. The van der Waals surface area contributed by atoms with Crippen LogP contribution >= 0.6 is 0 Å². The SMILES string of the molecule is C=COCC1(CO)CCO1. The van der Waals surface area contributed by atoms with Gasteiger partial charge in [0, 0.05) is 6.42 Å². The Balaban J connectivity index is 2.26. The van der Waals surface area contributed by atoms with Crippen molar-refractivity contribution in [2.45, 2.75) is 12.0 Å². The zero-order valence-electron chi connectivity index (χ0n) is 5.88. The number of hydrogen-bond acceptors (Lipinski definition) is 3. The van der Waals surface area contributed by atoms with Crippen LogP contribution in [0.25, 0.3) is 0 Å². The summed E-state index contributed by atoms with van der Waals surface area (Å²) in [5.41, 5.74) is -0.422. The molecule has 1 unspecified atom stereocenters. The van der Waals surface area contributed by atoms with Crippen LogP contribution in [0.4, 0.5) is 0 Å². The minimum atomic E-state index is -0.422. The third-order valence-electron chi connectivity index (χ3n) is 1.72. The second kappa shape index (κ2) is 3.03. The van der Waals surface area contributed by atoms with Gasteiger partial charge in [-0.3, -0.25) is 0 Å². The first-order chi connectivity index (χ1) is 4.83. The summed E-state index contributed by atoms with van der Waals surface area (Å²) in [6.45, 7) is 4.56. The maximum atomic E-state index is 8.82. The number of rotatable bonds is 4. The van der Waals surface area contributed by atoms with Crippen molar-refractivity contribution in [2.24, 2.45) is 0 Å². The van der Waals surface area contributed by atoms with E-state index in [9.17, 15) is 0 Å². The first kappa shape index (κ1) is 7.57. The molecule has 3 nitrogen and oxygen atoms in total. The summed E-state index contributed by atoms with van der Waals surface area (Å²) < 4.78 is 10.1. The molecule has 0 amide bonds. The van der Waals surface area contributed by atoms with Gasteiger partial charge in [-0.2, -0.15) is 0 Å². The molecule has 1 aliphatic heterocycles. The maximum absolute atomic E-state index is 8.82. The highest BCUT2D eigenvalue weighted by Gasteiger charge is 2.38. The van der Waals surface area contributed by atoms with Gasteiger partial charge in [-0.15, -0.1) is 0 Å². The Morgan fingerprint density at radius 2 is 2.50 bits per heavy atom. The van der Waals surface area contributed by atoms with E-state index in [1.54, 1.807) is 0 Å². The van der Waals surface area contributed by atoms with Crippen LogP contribution in [-0.4, -0.2) is 30.5 Å². The molecule has 0 saturated carbocycles. The summed E-state index contributed by atoms with van der Waals surface area (Å²) in [5, 5.41) is 8.82. The summed E-state index contributed by atoms with van der Waals surface area (Å²) in [5.74, 6) is 0. The average Bonchev–Trinajstić information content (AvgIpc) is 1.87. The fraction of sp³-hybridized carbons (Fsp3) is 0.714. The average molecular weight is 144 g/mol. The highest BCUT2D eigenvalue weighted by molar-refractivity contribution is 4.87. The lowest BCUT2D eigenvalue weighted by molar-refractivity contribution is -0.191. The molecule has 0 aromatic heterocycles. The monoisotopic (exact) mass is 144 g/mol. The van der Waals surface area contributed by atoms with Crippen LogP contribution < -0.4 is 0 Å². The lowest BCUT2D eigenvalue weighted by Gasteiger charge is -2.39. The van der Waals surface area contributed by atoms with Gasteiger partial charge in [0.2, 0.25) is 0 Å². The van der Waals surface area contributed by atoms with E-state index in [1.807, 2.05) is 0 Å². The van der Waals surface area contributed by atoms with Crippen LogP contribution in [0.2, 0.25) is 0 Å². The molecule has 1 aliphatic rings. The second-order valence-electron chi connectivity index (χ2n) is 2.42. The number of aliphatic hydroxyl groups is 1. The molecule has 0 aliphatic carbocycles. The molecule has 1 rings (SSSR count). The molecule has 1 saturated heterocycles. The standard InChI is InChI=1S/C7H12O3/c1-2-9-6-7(5-8)3-4-10-7/h2,8H,1,3-6H2. The first-order valence-corrected chi connectivity index (χ1v) is 3.30. The van der Waals surface area contributed by atoms with E-state index in [0.717, 1.165) is 13.0 Å². The van der Waals surface area contributed by atoms with Crippen molar-refractivity contribution in [3.63, 3.8) is 0 Å². The van der Waals surface area contributed by atoms with Crippen LogP contribution in [-0.2, 0) is 9.47 Å². The van der Waals surface area contributed by atoms with Gasteiger partial charge in [-0.25, -0.2) is 0 Å². The predicted octanol–water partition coefficient (Wildman–Crippen LogP) is 0.298. The van der Waals surface area contributed by atoms with Crippen LogP contribution in [0.3, 0.4) is 0 Å². The number of ether oxygens (including phenoxy) is 2. The molecule has 10 heavy (non-hydrogen) atoms. The quantitative estimate of drug-likeness (QED) is 0.577. The Hall–Kier alpha value is -0.540. The predicted molar refractivity (Wildman–Crippen MR) is 36.5 cm³/mol. The van der Waals surface area contributed by atoms with Crippen molar-refractivity contribution in [1.29, 1.82) is 0 Å². The summed E-state index contributed by atoms with van der Waals surface area (Å²) >= 11 is 0. The zero-order chi connectivity index (χ0) is 7.45. The number of aliphatic hydroxyl groups excluding tert-OH is 1. The van der Waals surface area contributed by atoms with E-state index >= 15 is 0 Å². The zero-order valence-corrected chi connectivity index (χ0v) is 5.88. The lowest BCUT2D eigenvalue weighted by atomic mass is 9.97. The molecule has 0 spiro atoms. The van der Waals surface area contributed by atoms with Crippen molar-refractivity contribution in [3.05, 3.63) is 12.8 Å². The summed E-state index contributed by atoms with van der Waals surface area (Å²) in [4.78, 5) is 0. The maximum Gasteiger partial charge on any atom is 0.127 e. The summed E-state index contributed by atoms with van der Waals surface area (Å²) in [6.07, 6.45) is 2.23. The van der Waals surface area contributed by atoms with Gasteiger partial charge in [0.1, 0.15) is 12.2 Å². The Morgan fingerprint density at radius 3 is 2.80 bits per heavy atom. The van der Waals surface area contributed by atoms with E-state index in [4.69, 9.17) is 14.6 Å². The van der Waals surface area contributed by atoms with Crippen molar-refractivity contribution in [3.8, 4) is 0 Å². The largest absolute Gasteiger partial charge is 0.499 e. The van der Waals surface area contributed by atoms with Gasteiger partial charge in [0.15, 0.2) is 0 Å². The van der Waals surface area contributed by atoms with E-state index < -0.39 is 5.60 Å². The normalized spacial score (nSPS) is 30.9. The van der Waals surface area contributed by atoms with Gasteiger partial charge in [-0.1, -0.05) is 6.58 Å². The Bertz CT molecular complexity index is 113. The molecular formula is C7H12O3. The summed E-state index contributed by atoms with van der Waals surface area (Å²) in [6, 6.07) is 0.